The van der Waals surface area contributed by atoms with Gasteiger partial charge in [0, 0.05) is 47.9 Å². The summed E-state index contributed by atoms with van der Waals surface area (Å²) in [6, 6.07) is 17.1. The SMILES string of the molecule is NC1CCCN(Cc2ccc3cncc(-c4cc5ccccc5o4)c3c2)C1. The Bertz CT molecular complexity index is 1070. The number of hydrogen-bond donors (Lipinski definition) is 1. The highest BCUT2D eigenvalue weighted by Crippen LogP contribution is 2.33. The lowest BCUT2D eigenvalue weighted by Crippen LogP contribution is -2.42. The largest absolute Gasteiger partial charge is 0.456 e. The van der Waals surface area contributed by atoms with Crippen molar-refractivity contribution in [3.8, 4) is 11.3 Å². The molecule has 1 aliphatic heterocycles. The number of likely N-dealkylation sites (tertiary alicyclic amines) is 1. The molecule has 27 heavy (non-hydrogen) atoms. The fraction of sp³-hybridized carbons (Fsp3) is 0.261. The first-order valence-electron chi connectivity index (χ1n) is 9.60. The molecule has 2 aromatic heterocycles. The van der Waals surface area contributed by atoms with Gasteiger partial charge >= 0.3 is 0 Å². The first-order chi connectivity index (χ1) is 13.3. The molecular weight excluding hydrogens is 334 g/mol. The smallest absolute Gasteiger partial charge is 0.137 e. The predicted molar refractivity (Wildman–Crippen MR) is 109 cm³/mol. The molecule has 4 heteroatoms. The van der Waals surface area contributed by atoms with Crippen LogP contribution < -0.4 is 5.73 Å². The van der Waals surface area contributed by atoms with Gasteiger partial charge in [-0.25, -0.2) is 0 Å². The summed E-state index contributed by atoms with van der Waals surface area (Å²) in [6.07, 6.45) is 6.14. The van der Waals surface area contributed by atoms with Gasteiger partial charge in [0.1, 0.15) is 11.3 Å². The van der Waals surface area contributed by atoms with Gasteiger partial charge in [0.25, 0.3) is 0 Å². The lowest BCUT2D eigenvalue weighted by molar-refractivity contribution is 0.201. The standard InChI is InChI=1S/C23H23N3O/c24-19-5-3-9-26(15-19)14-16-7-8-18-12-25-13-21(20(18)10-16)23-11-17-4-1-2-6-22(17)27-23/h1-2,4,6-8,10-13,19H,3,5,9,14-15,24H2. The van der Waals surface area contributed by atoms with E-state index in [-0.39, 0.29) is 0 Å². The third-order valence-corrected chi connectivity index (χ3v) is 5.46. The molecule has 2 N–H and O–H groups in total. The maximum Gasteiger partial charge on any atom is 0.137 e. The molecule has 1 aliphatic rings. The molecule has 1 unspecified atom stereocenters. The zero-order valence-electron chi connectivity index (χ0n) is 15.3. The Balaban J connectivity index is 1.54. The molecule has 1 fully saturated rings. The molecule has 2 aromatic carbocycles. The zero-order valence-corrected chi connectivity index (χ0v) is 15.3. The van der Waals surface area contributed by atoms with Gasteiger partial charge in [0.2, 0.25) is 0 Å². The predicted octanol–water partition coefficient (Wildman–Crippen LogP) is 4.57. The van der Waals surface area contributed by atoms with Gasteiger partial charge in [0.05, 0.1) is 0 Å². The summed E-state index contributed by atoms with van der Waals surface area (Å²) in [4.78, 5) is 6.88. The van der Waals surface area contributed by atoms with Gasteiger partial charge in [-0.05, 0) is 48.5 Å². The second-order valence-corrected chi connectivity index (χ2v) is 7.53. The van der Waals surface area contributed by atoms with Gasteiger partial charge in [-0.2, -0.15) is 0 Å². The maximum atomic E-state index is 6.14. The van der Waals surface area contributed by atoms with Crippen molar-refractivity contribution in [3.05, 3.63) is 66.5 Å². The number of fused-ring (bicyclic) bond motifs is 2. The van der Waals surface area contributed by atoms with Gasteiger partial charge in [0.15, 0.2) is 0 Å². The average molecular weight is 357 g/mol. The summed E-state index contributed by atoms with van der Waals surface area (Å²) in [5, 5.41) is 3.43. The minimum Gasteiger partial charge on any atom is -0.456 e. The van der Waals surface area contributed by atoms with E-state index in [1.54, 1.807) is 0 Å². The van der Waals surface area contributed by atoms with Crippen LogP contribution in [0.5, 0.6) is 0 Å². The highest BCUT2D eigenvalue weighted by atomic mass is 16.3. The number of hydrogen-bond acceptors (Lipinski definition) is 4. The van der Waals surface area contributed by atoms with E-state index in [2.05, 4.69) is 40.2 Å². The van der Waals surface area contributed by atoms with Crippen LogP contribution in [-0.2, 0) is 6.54 Å². The molecule has 0 aliphatic carbocycles. The van der Waals surface area contributed by atoms with E-state index in [1.807, 2.05) is 30.6 Å². The van der Waals surface area contributed by atoms with E-state index in [1.165, 1.54) is 17.4 Å². The fourth-order valence-corrected chi connectivity index (χ4v) is 4.11. The Morgan fingerprint density at radius 3 is 2.89 bits per heavy atom. The fourth-order valence-electron chi connectivity index (χ4n) is 4.11. The Morgan fingerprint density at radius 2 is 2.00 bits per heavy atom. The summed E-state index contributed by atoms with van der Waals surface area (Å²) in [6.45, 7) is 3.04. The summed E-state index contributed by atoms with van der Waals surface area (Å²) in [7, 11) is 0. The van der Waals surface area contributed by atoms with Crippen molar-refractivity contribution in [2.45, 2.75) is 25.4 Å². The van der Waals surface area contributed by atoms with E-state index >= 15 is 0 Å². The summed E-state index contributed by atoms with van der Waals surface area (Å²) in [5.41, 5.74) is 9.40. The van der Waals surface area contributed by atoms with Crippen molar-refractivity contribution in [1.82, 2.24) is 9.88 Å². The van der Waals surface area contributed by atoms with Crippen molar-refractivity contribution >= 4 is 21.7 Å². The number of benzene rings is 2. The van der Waals surface area contributed by atoms with Gasteiger partial charge < -0.3 is 10.2 Å². The molecule has 4 nitrogen and oxygen atoms in total. The van der Waals surface area contributed by atoms with Crippen LogP contribution in [0.4, 0.5) is 0 Å². The number of aromatic nitrogens is 1. The van der Waals surface area contributed by atoms with Gasteiger partial charge in [-0.15, -0.1) is 0 Å². The normalized spacial score (nSPS) is 18.3. The number of rotatable bonds is 3. The van der Waals surface area contributed by atoms with Crippen LogP contribution in [-0.4, -0.2) is 29.0 Å². The van der Waals surface area contributed by atoms with Crippen LogP contribution in [0.3, 0.4) is 0 Å². The number of nitrogens with zero attached hydrogens (tertiary/aromatic N) is 2. The molecule has 0 amide bonds. The molecule has 1 atom stereocenters. The summed E-state index contributed by atoms with van der Waals surface area (Å²) in [5.74, 6) is 0.867. The molecule has 1 saturated heterocycles. The Morgan fingerprint density at radius 1 is 1.07 bits per heavy atom. The quantitative estimate of drug-likeness (QED) is 0.583. The van der Waals surface area contributed by atoms with Crippen LogP contribution in [0, 0.1) is 0 Å². The van der Waals surface area contributed by atoms with Gasteiger partial charge in [-0.1, -0.05) is 30.3 Å². The minimum absolute atomic E-state index is 0.300. The molecule has 136 valence electrons. The molecule has 0 saturated carbocycles. The van der Waals surface area contributed by atoms with Crippen LogP contribution in [0.15, 0.2) is 65.3 Å². The van der Waals surface area contributed by atoms with E-state index in [4.69, 9.17) is 10.2 Å². The van der Waals surface area contributed by atoms with Crippen LogP contribution in [0.1, 0.15) is 18.4 Å². The lowest BCUT2D eigenvalue weighted by atomic mass is 10.0. The molecule has 0 radical (unpaired) electrons. The molecule has 0 spiro atoms. The second kappa shape index (κ2) is 6.80. The minimum atomic E-state index is 0.300. The molecule has 3 heterocycles. The van der Waals surface area contributed by atoms with E-state index in [0.717, 1.165) is 53.7 Å². The second-order valence-electron chi connectivity index (χ2n) is 7.53. The average Bonchev–Trinajstić information content (AvgIpc) is 3.11. The third-order valence-electron chi connectivity index (χ3n) is 5.46. The topological polar surface area (TPSA) is 55.3 Å². The maximum absolute atomic E-state index is 6.14. The number of furan rings is 1. The Kier molecular flexibility index (Phi) is 4.15. The van der Waals surface area contributed by atoms with Gasteiger partial charge in [-0.3, -0.25) is 9.88 Å². The highest BCUT2D eigenvalue weighted by molar-refractivity contribution is 5.97. The molecule has 4 aromatic rings. The number of pyridine rings is 1. The lowest BCUT2D eigenvalue weighted by Gasteiger charge is -2.30. The van der Waals surface area contributed by atoms with E-state index in [9.17, 15) is 0 Å². The zero-order chi connectivity index (χ0) is 18.2. The number of piperidine rings is 1. The summed E-state index contributed by atoms with van der Waals surface area (Å²) < 4.78 is 6.10. The van der Waals surface area contributed by atoms with Crippen LogP contribution >= 0.6 is 0 Å². The monoisotopic (exact) mass is 357 g/mol. The molecular formula is C23H23N3O. The Labute approximate surface area is 158 Å². The van der Waals surface area contributed by atoms with Crippen LogP contribution in [0.2, 0.25) is 0 Å². The first kappa shape index (κ1) is 16.5. The number of nitrogens with two attached hydrogens (primary N) is 1. The van der Waals surface area contributed by atoms with Crippen molar-refractivity contribution in [1.29, 1.82) is 0 Å². The third kappa shape index (κ3) is 3.22. The van der Waals surface area contributed by atoms with Crippen LogP contribution in [0.25, 0.3) is 33.1 Å². The molecule has 0 bridgehead atoms. The highest BCUT2D eigenvalue weighted by Gasteiger charge is 2.17. The number of para-hydroxylation sites is 1. The first-order valence-corrected chi connectivity index (χ1v) is 9.60. The van der Waals surface area contributed by atoms with Crippen molar-refractivity contribution in [2.75, 3.05) is 13.1 Å². The molecule has 5 rings (SSSR count). The van der Waals surface area contributed by atoms with Crippen molar-refractivity contribution in [2.24, 2.45) is 5.73 Å². The van der Waals surface area contributed by atoms with Crippen molar-refractivity contribution < 1.29 is 4.42 Å². The van der Waals surface area contributed by atoms with Crippen molar-refractivity contribution in [3.63, 3.8) is 0 Å². The Hall–Kier alpha value is -2.69. The summed E-state index contributed by atoms with van der Waals surface area (Å²) >= 11 is 0. The van der Waals surface area contributed by atoms with E-state index in [0.29, 0.717) is 6.04 Å². The van der Waals surface area contributed by atoms with E-state index < -0.39 is 0 Å².